The van der Waals surface area contributed by atoms with E-state index in [2.05, 4.69) is 25.7 Å². The topological polar surface area (TPSA) is 41.9 Å². The average molecular weight is 231 g/mol. The van der Waals surface area contributed by atoms with Gasteiger partial charge in [0.25, 0.3) is 0 Å². The monoisotopic (exact) mass is 231 g/mol. The largest absolute Gasteiger partial charge is 0.396 e. The highest BCUT2D eigenvalue weighted by Gasteiger charge is 2.22. The van der Waals surface area contributed by atoms with Gasteiger partial charge in [0.1, 0.15) is 0 Å². The van der Waals surface area contributed by atoms with Crippen molar-refractivity contribution < 1.29 is 14.6 Å². The van der Waals surface area contributed by atoms with Crippen molar-refractivity contribution in [1.82, 2.24) is 4.90 Å². The van der Waals surface area contributed by atoms with Crippen molar-refractivity contribution in [2.24, 2.45) is 5.41 Å². The van der Waals surface area contributed by atoms with Gasteiger partial charge in [0, 0.05) is 26.2 Å². The Morgan fingerprint density at radius 1 is 1.25 bits per heavy atom. The number of aliphatic hydroxyl groups is 1. The molecule has 1 aliphatic heterocycles. The lowest BCUT2D eigenvalue weighted by atomic mass is 9.96. The van der Waals surface area contributed by atoms with Crippen molar-refractivity contribution in [2.45, 2.75) is 33.5 Å². The first kappa shape index (κ1) is 13.9. The molecule has 16 heavy (non-hydrogen) atoms. The number of aliphatic hydroxyl groups excluding tert-OH is 1. The first-order valence-electron chi connectivity index (χ1n) is 6.08. The van der Waals surface area contributed by atoms with Gasteiger partial charge in [0.2, 0.25) is 0 Å². The molecule has 96 valence electrons. The molecule has 4 nitrogen and oxygen atoms in total. The molecule has 0 aromatic carbocycles. The summed E-state index contributed by atoms with van der Waals surface area (Å²) in [4.78, 5) is 2.31. The summed E-state index contributed by atoms with van der Waals surface area (Å²) in [6, 6.07) is 0. The van der Waals surface area contributed by atoms with Crippen LogP contribution in [0, 0.1) is 5.41 Å². The molecule has 1 heterocycles. The van der Waals surface area contributed by atoms with Crippen LogP contribution in [0.3, 0.4) is 0 Å². The number of rotatable bonds is 6. The summed E-state index contributed by atoms with van der Waals surface area (Å²) < 4.78 is 10.9. The summed E-state index contributed by atoms with van der Waals surface area (Å²) in [5, 5.41) is 8.89. The van der Waals surface area contributed by atoms with Crippen LogP contribution in [-0.2, 0) is 9.47 Å². The standard InChI is InChI=1S/C12H25NO3/c1-12(2,3)10-13(5-4-6-14)9-11-15-7-8-16-11/h11,14H,4-10H2,1-3H3. The summed E-state index contributed by atoms with van der Waals surface area (Å²) in [5.41, 5.74) is 0.258. The van der Waals surface area contributed by atoms with E-state index in [-0.39, 0.29) is 18.3 Å². The van der Waals surface area contributed by atoms with Gasteiger partial charge in [-0.3, -0.25) is 4.90 Å². The fourth-order valence-corrected chi connectivity index (χ4v) is 1.92. The fourth-order valence-electron chi connectivity index (χ4n) is 1.92. The van der Waals surface area contributed by atoms with Crippen LogP contribution in [-0.4, -0.2) is 55.8 Å². The van der Waals surface area contributed by atoms with Gasteiger partial charge < -0.3 is 14.6 Å². The summed E-state index contributed by atoms with van der Waals surface area (Å²) in [7, 11) is 0. The van der Waals surface area contributed by atoms with Gasteiger partial charge in [0.05, 0.1) is 13.2 Å². The Bertz CT molecular complexity index is 185. The molecule has 1 N–H and O–H groups in total. The molecule has 0 bridgehead atoms. The van der Waals surface area contributed by atoms with Crippen LogP contribution in [0.4, 0.5) is 0 Å². The zero-order chi connectivity index (χ0) is 12.0. The molecular formula is C12H25NO3. The Hall–Kier alpha value is -0.160. The van der Waals surface area contributed by atoms with Gasteiger partial charge in [0.15, 0.2) is 6.29 Å². The maximum atomic E-state index is 8.89. The summed E-state index contributed by atoms with van der Waals surface area (Å²) in [5.74, 6) is 0. The Labute approximate surface area is 98.5 Å². The smallest absolute Gasteiger partial charge is 0.170 e. The van der Waals surface area contributed by atoms with Gasteiger partial charge in [-0.15, -0.1) is 0 Å². The molecule has 4 heteroatoms. The maximum absolute atomic E-state index is 8.89. The van der Waals surface area contributed by atoms with Gasteiger partial charge in [-0.25, -0.2) is 0 Å². The van der Waals surface area contributed by atoms with Crippen LogP contribution in [0.25, 0.3) is 0 Å². The highest BCUT2D eigenvalue weighted by atomic mass is 16.7. The molecular weight excluding hydrogens is 206 g/mol. The predicted molar refractivity (Wildman–Crippen MR) is 63.3 cm³/mol. The lowest BCUT2D eigenvalue weighted by molar-refractivity contribution is -0.0661. The van der Waals surface area contributed by atoms with Crippen molar-refractivity contribution >= 4 is 0 Å². The van der Waals surface area contributed by atoms with Crippen molar-refractivity contribution in [3.8, 4) is 0 Å². The molecule has 0 spiro atoms. The molecule has 1 saturated heterocycles. The quantitative estimate of drug-likeness (QED) is 0.743. The molecule has 1 fully saturated rings. The van der Waals surface area contributed by atoms with Crippen LogP contribution in [0.2, 0.25) is 0 Å². The van der Waals surface area contributed by atoms with Gasteiger partial charge >= 0.3 is 0 Å². The van der Waals surface area contributed by atoms with Crippen molar-refractivity contribution in [3.63, 3.8) is 0 Å². The Kier molecular flexibility index (Phi) is 5.69. The first-order valence-corrected chi connectivity index (χ1v) is 6.08. The van der Waals surface area contributed by atoms with E-state index in [0.29, 0.717) is 13.2 Å². The molecule has 1 aliphatic rings. The van der Waals surface area contributed by atoms with Crippen LogP contribution in [0.15, 0.2) is 0 Å². The predicted octanol–water partition coefficient (Wildman–Crippen LogP) is 1.09. The molecule has 0 radical (unpaired) electrons. The number of nitrogens with zero attached hydrogens (tertiary/aromatic N) is 1. The third kappa shape index (κ3) is 5.80. The molecule has 0 aromatic heterocycles. The van der Waals surface area contributed by atoms with E-state index < -0.39 is 0 Å². The fraction of sp³-hybridized carbons (Fsp3) is 1.00. The first-order chi connectivity index (χ1) is 7.51. The number of hydrogen-bond acceptors (Lipinski definition) is 4. The van der Waals surface area contributed by atoms with E-state index >= 15 is 0 Å². The van der Waals surface area contributed by atoms with Gasteiger partial charge in [-0.05, 0) is 11.8 Å². The Balaban J connectivity index is 2.35. The van der Waals surface area contributed by atoms with E-state index in [1.807, 2.05) is 0 Å². The zero-order valence-corrected chi connectivity index (χ0v) is 10.7. The summed E-state index contributed by atoms with van der Waals surface area (Å²) in [6.07, 6.45) is 0.726. The van der Waals surface area contributed by atoms with E-state index in [0.717, 1.165) is 26.1 Å². The number of hydrogen-bond donors (Lipinski definition) is 1. The Morgan fingerprint density at radius 2 is 1.88 bits per heavy atom. The van der Waals surface area contributed by atoms with Crippen LogP contribution in [0.5, 0.6) is 0 Å². The highest BCUT2D eigenvalue weighted by molar-refractivity contribution is 4.71. The Morgan fingerprint density at radius 3 is 2.38 bits per heavy atom. The van der Waals surface area contributed by atoms with E-state index in [1.54, 1.807) is 0 Å². The van der Waals surface area contributed by atoms with Crippen molar-refractivity contribution in [3.05, 3.63) is 0 Å². The molecule has 0 amide bonds. The maximum Gasteiger partial charge on any atom is 0.170 e. The lowest BCUT2D eigenvalue weighted by Gasteiger charge is -2.31. The minimum absolute atomic E-state index is 0.0824. The third-order valence-electron chi connectivity index (χ3n) is 2.43. The van der Waals surface area contributed by atoms with Gasteiger partial charge in [-0.2, -0.15) is 0 Å². The molecule has 0 unspecified atom stereocenters. The minimum atomic E-state index is -0.0824. The van der Waals surface area contributed by atoms with Crippen molar-refractivity contribution in [2.75, 3.05) is 39.5 Å². The van der Waals surface area contributed by atoms with Crippen molar-refractivity contribution in [1.29, 1.82) is 0 Å². The molecule has 0 aromatic rings. The normalized spacial score (nSPS) is 18.6. The average Bonchev–Trinajstić information content (AvgIpc) is 2.64. The third-order valence-corrected chi connectivity index (χ3v) is 2.43. The van der Waals surface area contributed by atoms with Crippen LogP contribution >= 0.6 is 0 Å². The second kappa shape index (κ2) is 6.55. The second-order valence-corrected chi connectivity index (χ2v) is 5.54. The number of ether oxygens (including phenoxy) is 2. The van der Waals surface area contributed by atoms with E-state index in [9.17, 15) is 0 Å². The van der Waals surface area contributed by atoms with E-state index in [1.165, 1.54) is 0 Å². The second-order valence-electron chi connectivity index (χ2n) is 5.54. The molecule has 0 saturated carbocycles. The highest BCUT2D eigenvalue weighted by Crippen LogP contribution is 2.17. The summed E-state index contributed by atoms with van der Waals surface area (Å²) >= 11 is 0. The van der Waals surface area contributed by atoms with Crippen LogP contribution in [0.1, 0.15) is 27.2 Å². The van der Waals surface area contributed by atoms with E-state index in [4.69, 9.17) is 14.6 Å². The summed E-state index contributed by atoms with van der Waals surface area (Å²) in [6.45, 7) is 11.0. The van der Waals surface area contributed by atoms with Crippen LogP contribution < -0.4 is 0 Å². The molecule has 0 aliphatic carbocycles. The minimum Gasteiger partial charge on any atom is -0.396 e. The lowest BCUT2D eigenvalue weighted by Crippen LogP contribution is -2.39. The SMILES string of the molecule is CC(C)(C)CN(CCCO)CC1OCCO1. The molecule has 1 rings (SSSR count). The zero-order valence-electron chi connectivity index (χ0n) is 10.7. The molecule has 0 atom stereocenters. The van der Waals surface area contributed by atoms with Gasteiger partial charge in [-0.1, -0.05) is 20.8 Å².